The number of sulfonamides is 1. The highest BCUT2D eigenvalue weighted by Gasteiger charge is 2.30. The van der Waals surface area contributed by atoms with Crippen LogP contribution < -0.4 is 4.90 Å². The Labute approximate surface area is 163 Å². The molecule has 1 aliphatic heterocycles. The Kier molecular flexibility index (Phi) is 5.48. The number of Topliss-reactive ketones (excluding diaryl/α,β-unsaturated/α-hetero) is 1. The zero-order valence-corrected chi connectivity index (χ0v) is 16.5. The monoisotopic (exact) mass is 403 g/mol. The fraction of sp³-hybridized carbons (Fsp3) is 0.316. The highest BCUT2D eigenvalue weighted by Crippen LogP contribution is 2.31. The Balaban J connectivity index is 1.79. The van der Waals surface area contributed by atoms with E-state index in [1.165, 1.54) is 17.3 Å². The largest absolute Gasteiger partial charge is 0.363 e. The van der Waals surface area contributed by atoms with E-state index in [-0.39, 0.29) is 35.0 Å². The van der Waals surface area contributed by atoms with Crippen LogP contribution in [-0.2, 0) is 10.0 Å². The number of carbonyl (C=O) groups excluding carboxylic acids is 1. The SMILES string of the molecule is CC(=O)c1ccc(N2CCN(S(=O)(=O)c3ccc(C)cc3)CC2)c([N+](=O)[O-])c1. The van der Waals surface area contributed by atoms with Crippen molar-refractivity contribution >= 4 is 27.2 Å². The van der Waals surface area contributed by atoms with E-state index in [0.29, 0.717) is 18.8 Å². The molecule has 2 aromatic rings. The molecule has 1 saturated heterocycles. The molecule has 0 amide bonds. The molecule has 148 valence electrons. The fourth-order valence-electron chi connectivity index (χ4n) is 3.18. The summed E-state index contributed by atoms with van der Waals surface area (Å²) in [5, 5.41) is 11.4. The predicted octanol–water partition coefficient (Wildman–Crippen LogP) is 2.62. The van der Waals surface area contributed by atoms with Gasteiger partial charge in [-0.1, -0.05) is 17.7 Å². The summed E-state index contributed by atoms with van der Waals surface area (Å²) >= 11 is 0. The molecule has 0 spiro atoms. The van der Waals surface area contributed by atoms with Crippen LogP contribution in [0.2, 0.25) is 0 Å². The smallest absolute Gasteiger partial charge is 0.293 e. The van der Waals surface area contributed by atoms with E-state index in [0.717, 1.165) is 5.56 Å². The van der Waals surface area contributed by atoms with Crippen LogP contribution in [0, 0.1) is 17.0 Å². The molecule has 0 aromatic heterocycles. The number of nitrogens with zero attached hydrogens (tertiary/aromatic N) is 3. The van der Waals surface area contributed by atoms with E-state index >= 15 is 0 Å². The van der Waals surface area contributed by atoms with E-state index in [9.17, 15) is 23.3 Å². The number of nitro groups is 1. The first kappa shape index (κ1) is 20.0. The molecule has 0 atom stereocenters. The van der Waals surface area contributed by atoms with E-state index < -0.39 is 14.9 Å². The number of anilines is 1. The standard InChI is InChI=1S/C19H21N3O5S/c1-14-3-6-17(7-4-14)28(26,27)21-11-9-20(10-12-21)18-8-5-16(15(2)23)13-19(18)22(24)25/h3-8,13H,9-12H2,1-2H3. The van der Waals surface area contributed by atoms with Crippen LogP contribution in [0.3, 0.4) is 0 Å². The van der Waals surface area contributed by atoms with Gasteiger partial charge in [0.2, 0.25) is 10.0 Å². The van der Waals surface area contributed by atoms with Crippen molar-refractivity contribution in [3.63, 3.8) is 0 Å². The number of hydrogen-bond acceptors (Lipinski definition) is 6. The molecule has 9 heteroatoms. The minimum atomic E-state index is -3.60. The van der Waals surface area contributed by atoms with E-state index in [1.807, 2.05) is 6.92 Å². The molecule has 0 N–H and O–H groups in total. The van der Waals surface area contributed by atoms with Crippen LogP contribution >= 0.6 is 0 Å². The van der Waals surface area contributed by atoms with E-state index in [1.54, 1.807) is 41.3 Å². The molecule has 0 aliphatic carbocycles. The molecule has 0 radical (unpaired) electrons. The van der Waals surface area contributed by atoms with Crippen LogP contribution in [0.25, 0.3) is 0 Å². The lowest BCUT2D eigenvalue weighted by atomic mass is 10.1. The quantitative estimate of drug-likeness (QED) is 0.432. The van der Waals surface area contributed by atoms with Crippen molar-refractivity contribution in [1.29, 1.82) is 0 Å². The van der Waals surface area contributed by atoms with Gasteiger partial charge in [-0.3, -0.25) is 14.9 Å². The zero-order valence-electron chi connectivity index (χ0n) is 15.7. The average molecular weight is 403 g/mol. The summed E-state index contributed by atoms with van der Waals surface area (Å²) in [7, 11) is -3.60. The van der Waals surface area contributed by atoms with Crippen LogP contribution in [0.5, 0.6) is 0 Å². The van der Waals surface area contributed by atoms with Crippen molar-refractivity contribution in [2.45, 2.75) is 18.7 Å². The van der Waals surface area contributed by atoms with Crippen LogP contribution in [0.1, 0.15) is 22.8 Å². The molecule has 3 rings (SSSR count). The van der Waals surface area contributed by atoms with Gasteiger partial charge in [-0.25, -0.2) is 8.42 Å². The molecule has 1 heterocycles. The summed E-state index contributed by atoms with van der Waals surface area (Å²) in [5.74, 6) is -0.247. The summed E-state index contributed by atoms with van der Waals surface area (Å²) in [6.07, 6.45) is 0. The minimum Gasteiger partial charge on any atom is -0.363 e. The molecule has 2 aromatic carbocycles. The van der Waals surface area contributed by atoms with Gasteiger partial charge in [0.25, 0.3) is 5.69 Å². The van der Waals surface area contributed by atoms with Crippen molar-refractivity contribution in [3.05, 3.63) is 63.7 Å². The third kappa shape index (κ3) is 3.90. The van der Waals surface area contributed by atoms with Crippen molar-refractivity contribution < 1.29 is 18.1 Å². The van der Waals surface area contributed by atoms with Gasteiger partial charge in [-0.2, -0.15) is 4.31 Å². The Hall–Kier alpha value is -2.78. The minimum absolute atomic E-state index is 0.150. The Morgan fingerprint density at radius 2 is 1.64 bits per heavy atom. The number of carbonyl (C=O) groups is 1. The number of hydrogen-bond donors (Lipinski definition) is 0. The van der Waals surface area contributed by atoms with Gasteiger partial charge in [0.15, 0.2) is 5.78 Å². The first-order valence-corrected chi connectivity index (χ1v) is 10.3. The molecular formula is C19H21N3O5S. The van der Waals surface area contributed by atoms with Gasteiger partial charge in [0.1, 0.15) is 5.69 Å². The molecule has 8 nitrogen and oxygen atoms in total. The third-order valence-electron chi connectivity index (χ3n) is 4.82. The van der Waals surface area contributed by atoms with Crippen LogP contribution in [0.15, 0.2) is 47.4 Å². The summed E-state index contributed by atoms with van der Waals surface area (Å²) in [6.45, 7) is 4.34. The van der Waals surface area contributed by atoms with Gasteiger partial charge in [0, 0.05) is 37.8 Å². The van der Waals surface area contributed by atoms with E-state index in [2.05, 4.69) is 0 Å². The molecule has 1 aliphatic rings. The number of rotatable bonds is 5. The highest BCUT2D eigenvalue weighted by molar-refractivity contribution is 7.89. The van der Waals surface area contributed by atoms with Crippen molar-refractivity contribution in [2.24, 2.45) is 0 Å². The summed E-state index contributed by atoms with van der Waals surface area (Å²) in [5.41, 5.74) is 1.49. The van der Waals surface area contributed by atoms with E-state index in [4.69, 9.17) is 0 Å². The zero-order chi connectivity index (χ0) is 20.5. The maximum absolute atomic E-state index is 12.8. The average Bonchev–Trinajstić information content (AvgIpc) is 2.68. The predicted molar refractivity (Wildman–Crippen MR) is 105 cm³/mol. The molecular weight excluding hydrogens is 382 g/mol. The van der Waals surface area contributed by atoms with Crippen molar-refractivity contribution in [1.82, 2.24) is 4.31 Å². The second kappa shape index (κ2) is 7.69. The van der Waals surface area contributed by atoms with Gasteiger partial charge < -0.3 is 4.90 Å². The van der Waals surface area contributed by atoms with Gasteiger partial charge >= 0.3 is 0 Å². The Morgan fingerprint density at radius 3 is 2.18 bits per heavy atom. The molecule has 0 saturated carbocycles. The Bertz CT molecular complexity index is 1010. The molecule has 1 fully saturated rings. The van der Waals surface area contributed by atoms with Crippen LogP contribution in [-0.4, -0.2) is 49.6 Å². The van der Waals surface area contributed by atoms with Gasteiger partial charge in [-0.05, 0) is 38.1 Å². The summed E-state index contributed by atoms with van der Waals surface area (Å²) in [4.78, 5) is 24.4. The maximum Gasteiger partial charge on any atom is 0.293 e. The second-order valence-corrected chi connectivity index (χ2v) is 8.66. The third-order valence-corrected chi connectivity index (χ3v) is 6.73. The van der Waals surface area contributed by atoms with Crippen LogP contribution in [0.4, 0.5) is 11.4 Å². The fourth-order valence-corrected chi connectivity index (χ4v) is 4.61. The van der Waals surface area contributed by atoms with Crippen molar-refractivity contribution in [3.8, 4) is 0 Å². The number of ketones is 1. The summed E-state index contributed by atoms with van der Waals surface area (Å²) < 4.78 is 27.0. The maximum atomic E-state index is 12.8. The lowest BCUT2D eigenvalue weighted by Crippen LogP contribution is -2.48. The second-order valence-electron chi connectivity index (χ2n) is 6.72. The number of aryl methyl sites for hydroxylation is 1. The Morgan fingerprint density at radius 1 is 1.04 bits per heavy atom. The van der Waals surface area contributed by atoms with Crippen molar-refractivity contribution in [2.75, 3.05) is 31.1 Å². The first-order chi connectivity index (χ1) is 13.2. The topological polar surface area (TPSA) is 101 Å². The molecule has 28 heavy (non-hydrogen) atoms. The normalized spacial score (nSPS) is 15.4. The van der Waals surface area contributed by atoms with Gasteiger partial charge in [0.05, 0.1) is 9.82 Å². The summed E-state index contributed by atoms with van der Waals surface area (Å²) in [6, 6.07) is 11.1. The van der Waals surface area contributed by atoms with Gasteiger partial charge in [-0.15, -0.1) is 0 Å². The molecule has 0 bridgehead atoms. The molecule has 0 unspecified atom stereocenters. The lowest BCUT2D eigenvalue weighted by molar-refractivity contribution is -0.384. The number of nitro benzene ring substituents is 1. The first-order valence-electron chi connectivity index (χ1n) is 8.81. The highest BCUT2D eigenvalue weighted by atomic mass is 32.2. The number of piperazine rings is 1. The lowest BCUT2D eigenvalue weighted by Gasteiger charge is -2.35. The number of benzene rings is 2.